The minimum Gasteiger partial charge on any atom is -0.445 e. The summed E-state index contributed by atoms with van der Waals surface area (Å²) < 4.78 is 83.0. The van der Waals surface area contributed by atoms with E-state index in [1.165, 1.54) is 18.7 Å². The molecule has 39 heavy (non-hydrogen) atoms. The number of hydrogen-bond donors (Lipinski definition) is 4. The zero-order valence-electron chi connectivity index (χ0n) is 20.3. The maximum atomic E-state index is 13.9. The highest BCUT2D eigenvalue weighted by Crippen LogP contribution is 2.37. The summed E-state index contributed by atoms with van der Waals surface area (Å²) in [6.45, 7) is 2.73. The summed E-state index contributed by atoms with van der Waals surface area (Å²) in [7, 11) is -3.90. The van der Waals surface area contributed by atoms with Crippen LogP contribution in [0.15, 0.2) is 30.3 Å². The van der Waals surface area contributed by atoms with Gasteiger partial charge in [0.1, 0.15) is 6.61 Å². The van der Waals surface area contributed by atoms with Gasteiger partial charge < -0.3 is 20.7 Å². The van der Waals surface area contributed by atoms with Crippen molar-refractivity contribution in [1.82, 2.24) is 14.9 Å². The number of halogens is 4. The van der Waals surface area contributed by atoms with Crippen molar-refractivity contribution in [2.45, 2.75) is 54.6 Å². The van der Waals surface area contributed by atoms with Gasteiger partial charge in [-0.05, 0) is 5.56 Å². The summed E-state index contributed by atoms with van der Waals surface area (Å²) in [5.74, 6) is -9.53. The van der Waals surface area contributed by atoms with E-state index in [0.717, 1.165) is 5.56 Å². The molecule has 0 spiro atoms. The molecule has 230 valence electrons. The molecule has 1 amide bonds. The molecule has 0 bridgehead atoms. The van der Waals surface area contributed by atoms with Crippen molar-refractivity contribution in [3.05, 3.63) is 35.9 Å². The molecular formula is C25H47F4N5O4S. The topological polar surface area (TPSA) is 140 Å². The number of carbonyl (C=O) groups is 1. The van der Waals surface area contributed by atoms with Crippen LogP contribution in [0.4, 0.5) is 22.4 Å². The number of amides is 1. The van der Waals surface area contributed by atoms with Gasteiger partial charge in [0.05, 0.1) is 5.92 Å². The molecule has 9 nitrogen and oxygen atoms in total. The summed E-state index contributed by atoms with van der Waals surface area (Å²) in [5, 5.41) is 7.49. The Bertz CT molecular complexity index is 957. The van der Waals surface area contributed by atoms with Crippen molar-refractivity contribution in [3.8, 4) is 0 Å². The number of hydrogen-bond acceptors (Lipinski definition) is 6. The highest BCUT2D eigenvalue weighted by atomic mass is 32.2. The van der Waals surface area contributed by atoms with Crippen molar-refractivity contribution in [1.29, 1.82) is 0 Å². The maximum Gasteiger partial charge on any atom is 0.410 e. The largest absolute Gasteiger partial charge is 0.445 e. The van der Waals surface area contributed by atoms with Crippen LogP contribution >= 0.6 is 0 Å². The van der Waals surface area contributed by atoms with Crippen LogP contribution in [0, 0.1) is 23.7 Å². The smallest absolute Gasteiger partial charge is 0.410 e. The lowest BCUT2D eigenvalue weighted by Gasteiger charge is -2.41. The summed E-state index contributed by atoms with van der Waals surface area (Å²) in [6, 6.07) is 9.23. The number of nitrogens with zero attached hydrogens (tertiary/aromatic N) is 1. The van der Waals surface area contributed by atoms with Crippen LogP contribution in [-0.2, 0) is 21.6 Å². The first-order valence-corrected chi connectivity index (χ1v) is 13.1. The molecule has 1 aromatic rings. The molecule has 2 saturated heterocycles. The van der Waals surface area contributed by atoms with E-state index in [9.17, 15) is 30.8 Å². The Morgan fingerprint density at radius 2 is 1.59 bits per heavy atom. The molecule has 0 saturated carbocycles. The van der Waals surface area contributed by atoms with E-state index in [0.29, 0.717) is 0 Å². The fourth-order valence-electron chi connectivity index (χ4n) is 4.08. The predicted octanol–water partition coefficient (Wildman–Crippen LogP) is 3.66. The Morgan fingerprint density at radius 3 is 2.13 bits per heavy atom. The second-order valence-corrected chi connectivity index (χ2v) is 10.7. The van der Waals surface area contributed by atoms with Gasteiger partial charge in [0.15, 0.2) is 0 Å². The van der Waals surface area contributed by atoms with E-state index in [1.807, 2.05) is 35.1 Å². The molecule has 2 fully saturated rings. The first kappa shape index (κ1) is 39.1. The highest BCUT2D eigenvalue weighted by molar-refractivity contribution is 7.87. The van der Waals surface area contributed by atoms with Gasteiger partial charge in [0.25, 0.3) is 22.1 Å². The number of ether oxygens (including phenoxy) is 1. The number of piperidine rings is 2. The van der Waals surface area contributed by atoms with Crippen LogP contribution in [0.2, 0.25) is 0 Å². The van der Waals surface area contributed by atoms with Crippen molar-refractivity contribution < 1.29 is 35.5 Å². The molecule has 0 radical (unpaired) electrons. The fraction of sp³-hybridized carbons (Fsp3) is 0.720. The van der Waals surface area contributed by atoms with E-state index >= 15 is 0 Å². The zero-order chi connectivity index (χ0) is 27.1. The lowest BCUT2D eigenvalue weighted by Crippen LogP contribution is -2.56. The molecule has 2 aliphatic heterocycles. The van der Waals surface area contributed by atoms with Gasteiger partial charge in [-0.15, -0.1) is 0 Å². The highest BCUT2D eigenvalue weighted by Gasteiger charge is 2.50. The third-order valence-electron chi connectivity index (χ3n) is 6.46. The van der Waals surface area contributed by atoms with Crippen molar-refractivity contribution in [3.63, 3.8) is 0 Å². The summed E-state index contributed by atoms with van der Waals surface area (Å²) in [4.78, 5) is 13.3. The van der Waals surface area contributed by atoms with Crippen LogP contribution in [0.5, 0.6) is 0 Å². The van der Waals surface area contributed by atoms with Gasteiger partial charge in [-0.1, -0.05) is 66.5 Å². The quantitative estimate of drug-likeness (QED) is 0.374. The monoisotopic (exact) mass is 589 g/mol. The molecular weight excluding hydrogens is 542 g/mol. The predicted molar refractivity (Wildman–Crippen MR) is 147 cm³/mol. The van der Waals surface area contributed by atoms with Gasteiger partial charge in [-0.2, -0.15) is 8.42 Å². The molecule has 2 aliphatic rings. The minimum atomic E-state index is -3.90. The van der Waals surface area contributed by atoms with Crippen molar-refractivity contribution >= 4 is 16.3 Å². The molecule has 3 rings (SSSR count). The molecule has 0 aliphatic carbocycles. The second kappa shape index (κ2) is 16.3. The molecule has 0 unspecified atom stereocenters. The van der Waals surface area contributed by atoms with Crippen molar-refractivity contribution in [2.24, 2.45) is 34.5 Å². The average Bonchev–Trinajstić information content (AvgIpc) is 2.80. The van der Waals surface area contributed by atoms with E-state index in [1.54, 1.807) is 0 Å². The number of rotatable bonds is 6. The minimum absolute atomic E-state index is 0. The third-order valence-corrected chi connectivity index (χ3v) is 7.03. The van der Waals surface area contributed by atoms with Crippen LogP contribution in [0.3, 0.4) is 0 Å². The standard InChI is InChI=1S/C15H20F2N2O2.C7H15F2N3O2S.3CH4/c1-11-8-19(9-13(7-18)15(11,16)17)14(20)21-10-12-5-3-2-4-6-12;1-5-2-11-3-6(7(5,8)9)4-12-15(10,13)14;;;/h2-6,11,13H,7-10,18H2,1H3;5-6,11-12H,2-4H2,1H3,(H2,10,13,14);3*1H4/t11-,13+;5-,6-;;;/m00.../s1. The average molecular weight is 590 g/mol. The molecule has 6 N–H and O–H groups in total. The third kappa shape index (κ3) is 11.2. The van der Waals surface area contributed by atoms with Crippen molar-refractivity contribution in [2.75, 3.05) is 39.3 Å². The number of carbonyl (C=O) groups excluding carboxylic acids is 1. The van der Waals surface area contributed by atoms with E-state index in [-0.39, 0.29) is 68.2 Å². The molecule has 14 heteroatoms. The number of benzene rings is 1. The first-order valence-electron chi connectivity index (χ1n) is 11.6. The number of likely N-dealkylation sites (tertiary alicyclic amines) is 1. The van der Waals surface area contributed by atoms with Gasteiger partial charge in [-0.25, -0.2) is 32.2 Å². The summed E-state index contributed by atoms with van der Waals surface area (Å²) in [5.41, 5.74) is 6.27. The Balaban J connectivity index is 0. The normalized spacial score (nSPS) is 25.4. The van der Waals surface area contributed by atoms with E-state index in [2.05, 4.69) is 10.5 Å². The zero-order valence-corrected chi connectivity index (χ0v) is 21.1. The lowest BCUT2D eigenvalue weighted by molar-refractivity contribution is -0.137. The Labute approximate surface area is 231 Å². The van der Waals surface area contributed by atoms with Gasteiger partial charge in [0.2, 0.25) is 0 Å². The summed E-state index contributed by atoms with van der Waals surface area (Å²) in [6.07, 6.45) is -0.570. The number of nitrogens with one attached hydrogen (secondary N) is 2. The number of alkyl halides is 4. The Hall–Kier alpha value is -2.00. The van der Waals surface area contributed by atoms with Gasteiger partial charge in [0, 0.05) is 57.0 Å². The molecule has 2 heterocycles. The van der Waals surface area contributed by atoms with Crippen LogP contribution < -0.4 is 20.9 Å². The SMILES string of the molecule is C.C.C.C[C@H]1CN(C(=O)OCc2ccccc2)C[C@@H](CN)C1(F)F.C[C@H]1CNC[C@@H](CNS(N)(=O)=O)C1(F)F. The molecule has 4 atom stereocenters. The first-order chi connectivity index (χ1) is 16.7. The molecule has 1 aromatic carbocycles. The van der Waals surface area contributed by atoms with E-state index in [4.69, 9.17) is 10.5 Å². The van der Waals surface area contributed by atoms with Crippen LogP contribution in [0.1, 0.15) is 41.7 Å². The Morgan fingerprint density at radius 1 is 1.03 bits per heavy atom. The Kier molecular flexibility index (Phi) is 16.4. The number of nitrogens with two attached hydrogens (primary N) is 2. The van der Waals surface area contributed by atoms with Gasteiger partial charge >= 0.3 is 6.09 Å². The lowest BCUT2D eigenvalue weighted by atomic mass is 9.86. The summed E-state index contributed by atoms with van der Waals surface area (Å²) >= 11 is 0. The van der Waals surface area contributed by atoms with E-state index < -0.39 is 51.8 Å². The molecule has 0 aromatic heterocycles. The second-order valence-electron chi connectivity index (χ2n) is 9.28. The van der Waals surface area contributed by atoms with Crippen LogP contribution in [-0.4, -0.2) is 70.5 Å². The maximum absolute atomic E-state index is 13.9. The van der Waals surface area contributed by atoms with Crippen LogP contribution in [0.25, 0.3) is 0 Å². The van der Waals surface area contributed by atoms with Gasteiger partial charge in [-0.3, -0.25) is 0 Å². The fourth-order valence-corrected chi connectivity index (χ4v) is 4.52.